The third-order valence-corrected chi connectivity index (χ3v) is 0. The van der Waals surface area contributed by atoms with Crippen molar-refractivity contribution >= 4 is 16.5 Å². The highest BCUT2D eigenvalue weighted by Gasteiger charge is 1.81. The largest absolute Gasteiger partial charge is 0.652 e. The Morgan fingerprint density at radius 2 is 1.27 bits per heavy atom. The fourth-order valence-electron chi connectivity index (χ4n) is 0. The summed E-state index contributed by atoms with van der Waals surface area (Å²) in [5, 5.41) is 20.5. The molecule has 0 aromatic heterocycles. The van der Waals surface area contributed by atoms with E-state index in [2.05, 4.69) is 5.14 Å². The first-order chi connectivity index (χ1) is 3.73. The Balaban J connectivity index is -0.0000000383. The van der Waals surface area contributed by atoms with E-state index in [1.54, 1.807) is 0 Å². The number of rotatable bonds is 0. The summed E-state index contributed by atoms with van der Waals surface area (Å²) in [7, 11) is -4.17. The molecule has 0 saturated carbocycles. The Bertz CT molecular complexity index is 160. The van der Waals surface area contributed by atoms with Gasteiger partial charge in [0.15, 0.2) is 0 Å². The number of quaternary nitrogens is 2. The quantitative estimate of drug-likeness (QED) is 0.294. The smallest absolute Gasteiger partial charge is 0.330 e. The molecule has 0 aliphatic carbocycles. The van der Waals surface area contributed by atoms with Crippen LogP contribution in [0.3, 0.4) is 0 Å². The van der Waals surface area contributed by atoms with E-state index in [1.165, 1.54) is 0 Å². The van der Waals surface area contributed by atoms with Gasteiger partial charge in [-0.05, 0) is 6.16 Å². The summed E-state index contributed by atoms with van der Waals surface area (Å²) in [6, 6.07) is 0. The molecular formula is CH11N3O6S. The highest BCUT2D eigenvalue weighted by Crippen LogP contribution is 1.50. The fraction of sp³-hybridized carbons (Fsp3) is 0. The van der Waals surface area contributed by atoms with Crippen LogP contribution in [0.25, 0.3) is 0 Å². The average Bonchev–Trinajstić information content (AvgIpc) is 1.19. The molecule has 0 amide bonds. The zero-order valence-electron chi connectivity index (χ0n) is 5.97. The van der Waals surface area contributed by atoms with Crippen LogP contribution in [0.1, 0.15) is 0 Å². The molecule has 0 rings (SSSR count). The normalized spacial score (nSPS) is 7.45. The summed E-state index contributed by atoms with van der Waals surface area (Å²) in [6.07, 6.45) is -2.33. The van der Waals surface area contributed by atoms with E-state index in [4.69, 9.17) is 28.0 Å². The molecule has 0 heterocycles. The molecule has 10 heteroatoms. The van der Waals surface area contributed by atoms with E-state index in [0.29, 0.717) is 0 Å². The van der Waals surface area contributed by atoms with Gasteiger partial charge in [0.1, 0.15) is 0 Å². The van der Waals surface area contributed by atoms with Crippen LogP contribution in [0.2, 0.25) is 0 Å². The lowest BCUT2D eigenvalue weighted by molar-refractivity contribution is -0.415. The van der Waals surface area contributed by atoms with Crippen molar-refractivity contribution in [1.29, 1.82) is 0 Å². The molecule has 9 nitrogen and oxygen atoms in total. The minimum Gasteiger partial charge on any atom is -0.652 e. The molecule has 0 aliphatic rings. The van der Waals surface area contributed by atoms with Crippen LogP contribution in [0.4, 0.5) is 4.79 Å². The summed E-state index contributed by atoms with van der Waals surface area (Å²) >= 11 is 0. The molecule has 0 aromatic carbocycles. The molecule has 0 atom stereocenters. The van der Waals surface area contributed by atoms with Crippen LogP contribution in [-0.2, 0) is 10.3 Å². The Morgan fingerprint density at radius 3 is 1.27 bits per heavy atom. The van der Waals surface area contributed by atoms with E-state index in [9.17, 15) is 0 Å². The minimum atomic E-state index is -4.17. The van der Waals surface area contributed by atoms with E-state index >= 15 is 0 Å². The predicted octanol–water partition coefficient (Wildman–Crippen LogP) is -2.95. The van der Waals surface area contributed by atoms with E-state index in [1.807, 2.05) is 0 Å². The molecule has 0 bridgehead atoms. The first-order valence-corrected chi connectivity index (χ1v) is 2.87. The Hall–Kier alpha value is -0.940. The van der Waals surface area contributed by atoms with Crippen molar-refractivity contribution in [3.63, 3.8) is 0 Å². The van der Waals surface area contributed by atoms with Gasteiger partial charge in [0.25, 0.3) is 0 Å². The predicted molar refractivity (Wildman–Crippen MR) is 33.1 cm³/mol. The topological polar surface area (TPSA) is 217 Å². The maximum atomic E-state index is 8.97. The van der Waals surface area contributed by atoms with Crippen molar-refractivity contribution in [2.45, 2.75) is 0 Å². The van der Waals surface area contributed by atoms with Gasteiger partial charge in [-0.1, -0.05) is 0 Å². The first-order valence-electron chi connectivity index (χ1n) is 1.36. The zero-order valence-corrected chi connectivity index (χ0v) is 6.79. The second kappa shape index (κ2) is 9.06. The van der Waals surface area contributed by atoms with Gasteiger partial charge in [-0.15, -0.1) is 0 Å². The highest BCUT2D eigenvalue weighted by molar-refractivity contribution is 7.83. The molecule has 11 heavy (non-hydrogen) atoms. The van der Waals surface area contributed by atoms with E-state index in [-0.39, 0.29) is 12.3 Å². The van der Waals surface area contributed by atoms with Gasteiger partial charge in [0.2, 0.25) is 0 Å². The van der Waals surface area contributed by atoms with Crippen molar-refractivity contribution in [1.82, 2.24) is 12.3 Å². The van der Waals surface area contributed by atoms with Gasteiger partial charge >= 0.3 is 10.3 Å². The first kappa shape index (κ1) is 22.5. The Kier molecular flexibility index (Phi) is 18.5. The second-order valence-electron chi connectivity index (χ2n) is 0.765. The number of hydrogen-bond acceptors (Lipinski definition) is 5. The number of carbonyl (C=O) groups excluding carboxylic acids is 1. The Morgan fingerprint density at radius 1 is 1.27 bits per heavy atom. The number of nitrogens with two attached hydrogens (primary N) is 1. The molecule has 0 fully saturated rings. The molecule has 0 spiro atoms. The van der Waals surface area contributed by atoms with Crippen LogP contribution in [-0.4, -0.2) is 19.1 Å². The molecule has 0 aliphatic heterocycles. The molecule has 72 valence electrons. The maximum Gasteiger partial charge on any atom is 0.330 e. The van der Waals surface area contributed by atoms with Gasteiger partial charge in [0, 0.05) is 0 Å². The van der Waals surface area contributed by atoms with E-state index in [0.717, 1.165) is 0 Å². The monoisotopic (exact) mass is 193 g/mol. The van der Waals surface area contributed by atoms with Gasteiger partial charge in [0.05, 0.1) is 0 Å². The maximum absolute atomic E-state index is 8.97. The second-order valence-corrected chi connectivity index (χ2v) is 1.79. The summed E-state index contributed by atoms with van der Waals surface area (Å²) in [4.78, 5) is 8.33. The lowest BCUT2D eigenvalue weighted by Gasteiger charge is -1.96. The third-order valence-electron chi connectivity index (χ3n) is 0. The zero-order chi connectivity index (χ0) is 8.08. The van der Waals surface area contributed by atoms with Crippen LogP contribution >= 0.6 is 0 Å². The summed E-state index contributed by atoms with van der Waals surface area (Å²) in [5.74, 6) is 0. The van der Waals surface area contributed by atoms with Crippen molar-refractivity contribution in [3.8, 4) is 0 Å². The average molecular weight is 193 g/mol. The van der Waals surface area contributed by atoms with Crippen LogP contribution < -0.4 is 27.7 Å². The molecule has 11 N–H and O–H groups in total. The summed E-state index contributed by atoms with van der Waals surface area (Å²) in [6.45, 7) is 0. The third kappa shape index (κ3) is 511. The minimum absolute atomic E-state index is 0. The lowest BCUT2D eigenvalue weighted by Crippen LogP contribution is -2.37. The highest BCUT2D eigenvalue weighted by atomic mass is 32.2. The summed E-state index contributed by atoms with van der Waals surface area (Å²) in [5.41, 5.74) is 0. The van der Waals surface area contributed by atoms with Crippen LogP contribution in [0.15, 0.2) is 0 Å². The number of hydrogen-bond donors (Lipinski definition) is 4. The SMILES string of the molecule is NS(=O)(=O)O.O=C([O-])[O-].[NH4+].[NH4+]. The molecular weight excluding hydrogens is 182 g/mol. The van der Waals surface area contributed by atoms with Crippen LogP contribution in [0.5, 0.6) is 0 Å². The lowest BCUT2D eigenvalue weighted by atomic mass is 11.5. The van der Waals surface area contributed by atoms with Gasteiger partial charge in [-0.25, -0.2) is 5.14 Å². The van der Waals surface area contributed by atoms with E-state index < -0.39 is 16.5 Å². The fourth-order valence-corrected chi connectivity index (χ4v) is 0. The molecule has 0 radical (unpaired) electrons. The molecule has 0 saturated heterocycles. The Labute approximate surface area is 62.9 Å². The van der Waals surface area contributed by atoms with Crippen molar-refractivity contribution < 1.29 is 28.0 Å². The molecule has 0 unspecified atom stereocenters. The van der Waals surface area contributed by atoms with Crippen molar-refractivity contribution in [2.75, 3.05) is 0 Å². The van der Waals surface area contributed by atoms with Crippen molar-refractivity contribution in [2.24, 2.45) is 5.14 Å². The van der Waals surface area contributed by atoms with Gasteiger partial charge in [-0.2, -0.15) is 8.42 Å². The van der Waals surface area contributed by atoms with Gasteiger partial charge < -0.3 is 27.3 Å². The van der Waals surface area contributed by atoms with Crippen LogP contribution in [0, 0.1) is 0 Å². The van der Waals surface area contributed by atoms with Crippen molar-refractivity contribution in [3.05, 3.63) is 0 Å². The number of carboxylic acid groups (broad SMARTS) is 2. The standard InChI is InChI=1S/CH2O3.H3NO3S.2H3N/c2-1(3)4;1-5(2,3)4;;/h(H2,2,3,4);(H3,1,2,3,4);2*1H3. The molecule has 0 aromatic rings. The summed E-state index contributed by atoms with van der Waals surface area (Å²) < 4.78 is 25.2. The number of carbonyl (C=O) groups is 1. The van der Waals surface area contributed by atoms with Gasteiger partial charge in [-0.3, -0.25) is 4.55 Å².